The zero-order valence-electron chi connectivity index (χ0n) is 8.61. The van der Waals surface area contributed by atoms with Gasteiger partial charge in [-0.25, -0.2) is 8.42 Å². The van der Waals surface area contributed by atoms with Gasteiger partial charge in [-0.3, -0.25) is 0 Å². The van der Waals surface area contributed by atoms with Gasteiger partial charge in [0.25, 0.3) is 0 Å². The zero-order chi connectivity index (χ0) is 10.8. The highest BCUT2D eigenvalue weighted by Crippen LogP contribution is 2.19. The lowest BCUT2D eigenvalue weighted by molar-refractivity contribution is 0.587. The first-order valence-corrected chi connectivity index (χ1v) is 6.05. The van der Waals surface area contributed by atoms with Crippen molar-refractivity contribution in [3.63, 3.8) is 0 Å². The molecule has 4 heteroatoms. The summed E-state index contributed by atoms with van der Waals surface area (Å²) < 4.78 is 23.5. The van der Waals surface area contributed by atoms with Crippen LogP contribution < -0.4 is 5.32 Å². The van der Waals surface area contributed by atoms with Gasteiger partial charge in [0.2, 0.25) is 0 Å². The second-order valence-electron chi connectivity index (χ2n) is 3.37. The van der Waals surface area contributed by atoms with Crippen molar-refractivity contribution in [3.8, 4) is 0 Å². The Morgan fingerprint density at radius 3 is 2.43 bits per heavy atom. The molecule has 0 saturated carbocycles. The Balaban J connectivity index is 3.20. The summed E-state index contributed by atoms with van der Waals surface area (Å²) in [6, 6.07) is 6.84. The molecule has 0 aliphatic rings. The molecule has 0 saturated heterocycles. The SMILES string of the molecule is CNc1cccc(S(=O)(=O)C(C)C)c1. The van der Waals surface area contributed by atoms with Crippen molar-refractivity contribution in [1.82, 2.24) is 0 Å². The molecular weight excluding hydrogens is 198 g/mol. The Kier molecular flexibility index (Phi) is 3.16. The van der Waals surface area contributed by atoms with E-state index in [1.807, 2.05) is 6.07 Å². The van der Waals surface area contributed by atoms with Crippen LogP contribution in [0.25, 0.3) is 0 Å². The number of sulfone groups is 1. The van der Waals surface area contributed by atoms with Gasteiger partial charge < -0.3 is 5.32 Å². The van der Waals surface area contributed by atoms with Crippen LogP contribution in [0.5, 0.6) is 0 Å². The minimum absolute atomic E-state index is 0.374. The normalized spacial score (nSPS) is 11.7. The number of hydrogen-bond acceptors (Lipinski definition) is 3. The number of rotatable bonds is 3. The fraction of sp³-hybridized carbons (Fsp3) is 0.400. The minimum Gasteiger partial charge on any atom is -0.388 e. The van der Waals surface area contributed by atoms with Crippen LogP contribution in [0.1, 0.15) is 13.8 Å². The molecule has 0 spiro atoms. The maximum absolute atomic E-state index is 11.8. The minimum atomic E-state index is -3.15. The van der Waals surface area contributed by atoms with E-state index in [1.165, 1.54) is 0 Å². The summed E-state index contributed by atoms with van der Waals surface area (Å²) in [5.41, 5.74) is 0.812. The van der Waals surface area contributed by atoms with Crippen molar-refractivity contribution >= 4 is 15.5 Å². The highest BCUT2D eigenvalue weighted by atomic mass is 32.2. The van der Waals surface area contributed by atoms with E-state index in [0.29, 0.717) is 4.90 Å². The van der Waals surface area contributed by atoms with E-state index in [4.69, 9.17) is 0 Å². The van der Waals surface area contributed by atoms with E-state index in [0.717, 1.165) is 5.69 Å². The first-order chi connectivity index (χ1) is 6.48. The number of benzene rings is 1. The molecule has 0 bridgehead atoms. The highest BCUT2D eigenvalue weighted by molar-refractivity contribution is 7.92. The third kappa shape index (κ3) is 2.07. The van der Waals surface area contributed by atoms with Gasteiger partial charge in [0.1, 0.15) is 0 Å². The van der Waals surface area contributed by atoms with E-state index in [-0.39, 0.29) is 5.25 Å². The quantitative estimate of drug-likeness (QED) is 0.834. The standard InChI is InChI=1S/C10H15NO2S/c1-8(2)14(12,13)10-6-4-5-9(7-10)11-3/h4-8,11H,1-3H3. The van der Waals surface area contributed by atoms with Crippen LogP contribution in [0.15, 0.2) is 29.2 Å². The van der Waals surface area contributed by atoms with Crippen LogP contribution >= 0.6 is 0 Å². The summed E-state index contributed by atoms with van der Waals surface area (Å²) in [6.07, 6.45) is 0. The molecule has 0 fully saturated rings. The first kappa shape index (κ1) is 11.0. The van der Waals surface area contributed by atoms with Gasteiger partial charge in [0.05, 0.1) is 10.1 Å². The van der Waals surface area contributed by atoms with Gasteiger partial charge in [0, 0.05) is 12.7 Å². The molecule has 0 aliphatic heterocycles. The Hall–Kier alpha value is -1.03. The van der Waals surface area contributed by atoms with Gasteiger partial charge in [-0.05, 0) is 32.0 Å². The molecule has 0 amide bonds. The lowest BCUT2D eigenvalue weighted by atomic mass is 10.3. The Morgan fingerprint density at radius 2 is 1.93 bits per heavy atom. The number of hydrogen-bond donors (Lipinski definition) is 1. The predicted molar refractivity (Wildman–Crippen MR) is 58.3 cm³/mol. The van der Waals surface area contributed by atoms with Gasteiger partial charge in [-0.1, -0.05) is 6.07 Å². The van der Waals surface area contributed by atoms with Crippen LogP contribution in [0.4, 0.5) is 5.69 Å². The molecule has 0 heterocycles. The third-order valence-electron chi connectivity index (χ3n) is 2.07. The van der Waals surface area contributed by atoms with Crippen molar-refractivity contribution < 1.29 is 8.42 Å². The van der Waals surface area contributed by atoms with Gasteiger partial charge >= 0.3 is 0 Å². The van der Waals surface area contributed by atoms with Crippen molar-refractivity contribution in [2.24, 2.45) is 0 Å². The smallest absolute Gasteiger partial charge is 0.180 e. The summed E-state index contributed by atoms with van der Waals surface area (Å²) in [5.74, 6) is 0. The summed E-state index contributed by atoms with van der Waals surface area (Å²) in [5, 5.41) is 2.53. The Morgan fingerprint density at radius 1 is 1.29 bits per heavy atom. The van der Waals surface area contributed by atoms with Gasteiger partial charge in [-0.15, -0.1) is 0 Å². The fourth-order valence-corrected chi connectivity index (χ4v) is 2.20. The molecule has 0 aromatic heterocycles. The van der Waals surface area contributed by atoms with Crippen molar-refractivity contribution in [1.29, 1.82) is 0 Å². The second-order valence-corrected chi connectivity index (χ2v) is 5.88. The maximum Gasteiger partial charge on any atom is 0.180 e. The predicted octanol–water partition coefficient (Wildman–Crippen LogP) is 1.91. The molecule has 3 nitrogen and oxygen atoms in total. The topological polar surface area (TPSA) is 46.2 Å². The van der Waals surface area contributed by atoms with Crippen molar-refractivity contribution in [3.05, 3.63) is 24.3 Å². The van der Waals surface area contributed by atoms with Crippen LogP contribution in [0.3, 0.4) is 0 Å². The number of anilines is 1. The van der Waals surface area contributed by atoms with Crippen LogP contribution in [0, 0.1) is 0 Å². The average Bonchev–Trinajstić information content (AvgIpc) is 2.17. The molecule has 14 heavy (non-hydrogen) atoms. The third-order valence-corrected chi connectivity index (χ3v) is 4.22. The highest BCUT2D eigenvalue weighted by Gasteiger charge is 2.18. The molecule has 0 unspecified atom stereocenters. The van der Waals surface area contributed by atoms with E-state index in [1.54, 1.807) is 39.1 Å². The van der Waals surface area contributed by atoms with Crippen LogP contribution in [0.2, 0.25) is 0 Å². The monoisotopic (exact) mass is 213 g/mol. The molecule has 1 aromatic rings. The first-order valence-electron chi connectivity index (χ1n) is 4.50. The van der Waals surface area contributed by atoms with Gasteiger partial charge in [-0.2, -0.15) is 0 Å². The Bertz CT molecular complexity index is 410. The molecule has 0 radical (unpaired) electrons. The molecular formula is C10H15NO2S. The summed E-state index contributed by atoms with van der Waals surface area (Å²) in [6.45, 7) is 3.36. The second kappa shape index (κ2) is 4.00. The molecule has 1 aromatic carbocycles. The lowest BCUT2D eigenvalue weighted by Crippen LogP contribution is -2.14. The van der Waals surface area contributed by atoms with E-state index in [9.17, 15) is 8.42 Å². The maximum atomic E-state index is 11.8. The van der Waals surface area contributed by atoms with Gasteiger partial charge in [0.15, 0.2) is 9.84 Å². The summed E-state index contributed by atoms with van der Waals surface area (Å²) in [4.78, 5) is 0.374. The van der Waals surface area contributed by atoms with Crippen molar-refractivity contribution in [2.45, 2.75) is 24.0 Å². The zero-order valence-corrected chi connectivity index (χ0v) is 9.43. The Labute approximate surface area is 85.1 Å². The molecule has 1 N–H and O–H groups in total. The molecule has 0 aliphatic carbocycles. The van der Waals surface area contributed by atoms with Crippen LogP contribution in [-0.4, -0.2) is 20.7 Å². The average molecular weight is 213 g/mol. The van der Waals surface area contributed by atoms with Crippen LogP contribution in [-0.2, 0) is 9.84 Å². The number of nitrogens with one attached hydrogen (secondary N) is 1. The fourth-order valence-electron chi connectivity index (χ4n) is 1.10. The molecule has 0 atom stereocenters. The molecule has 1 rings (SSSR count). The van der Waals surface area contributed by atoms with E-state index < -0.39 is 9.84 Å². The largest absolute Gasteiger partial charge is 0.388 e. The lowest BCUT2D eigenvalue weighted by Gasteiger charge is -2.08. The molecule has 78 valence electrons. The van der Waals surface area contributed by atoms with E-state index in [2.05, 4.69) is 5.32 Å². The van der Waals surface area contributed by atoms with E-state index >= 15 is 0 Å². The van der Waals surface area contributed by atoms with Crippen molar-refractivity contribution in [2.75, 3.05) is 12.4 Å². The summed E-state index contributed by atoms with van der Waals surface area (Å²) >= 11 is 0. The summed E-state index contributed by atoms with van der Waals surface area (Å²) in [7, 11) is -1.38.